The van der Waals surface area contributed by atoms with Gasteiger partial charge in [0.15, 0.2) is 0 Å². The molecule has 0 N–H and O–H groups in total. The highest BCUT2D eigenvalue weighted by Gasteiger charge is 2.30. The predicted octanol–water partition coefficient (Wildman–Crippen LogP) is 2.60. The molecule has 0 spiro atoms. The highest BCUT2D eigenvalue weighted by atomic mass is 16.5. The molecule has 0 aromatic carbocycles. The zero-order valence-corrected chi connectivity index (χ0v) is 7.31. The fourth-order valence-electron chi connectivity index (χ4n) is 1.41. The van der Waals surface area contributed by atoms with E-state index >= 15 is 0 Å². The molecular formula is C9H18O. The fraction of sp³-hybridized carbons (Fsp3) is 1.00. The second-order valence-corrected chi connectivity index (χ2v) is 3.77. The summed E-state index contributed by atoms with van der Waals surface area (Å²) in [5, 5.41) is 0. The van der Waals surface area contributed by atoms with Crippen molar-refractivity contribution in [2.45, 2.75) is 45.6 Å². The van der Waals surface area contributed by atoms with Crippen molar-refractivity contribution < 1.29 is 4.74 Å². The van der Waals surface area contributed by atoms with E-state index in [1.165, 1.54) is 19.3 Å². The Balaban J connectivity index is 2.48. The zero-order valence-electron chi connectivity index (χ0n) is 7.31. The molecule has 60 valence electrons. The van der Waals surface area contributed by atoms with E-state index in [1.807, 2.05) is 0 Å². The third-order valence-corrected chi connectivity index (χ3v) is 2.72. The molecule has 0 aliphatic carbocycles. The zero-order chi connectivity index (χ0) is 7.61. The summed E-state index contributed by atoms with van der Waals surface area (Å²) in [6.07, 6.45) is 3.83. The van der Waals surface area contributed by atoms with Crippen molar-refractivity contribution in [3.63, 3.8) is 0 Å². The van der Waals surface area contributed by atoms with Gasteiger partial charge >= 0.3 is 0 Å². The van der Waals surface area contributed by atoms with Crippen LogP contribution in [-0.4, -0.2) is 12.2 Å². The molecule has 1 saturated heterocycles. The van der Waals surface area contributed by atoms with E-state index in [-0.39, 0.29) is 5.60 Å². The lowest BCUT2D eigenvalue weighted by Gasteiger charge is -2.37. The summed E-state index contributed by atoms with van der Waals surface area (Å²) in [7, 11) is 0. The second-order valence-electron chi connectivity index (χ2n) is 3.77. The predicted molar refractivity (Wildman–Crippen MR) is 43.0 cm³/mol. The van der Waals surface area contributed by atoms with Gasteiger partial charge in [0.1, 0.15) is 0 Å². The van der Waals surface area contributed by atoms with Gasteiger partial charge in [0.25, 0.3) is 0 Å². The van der Waals surface area contributed by atoms with E-state index in [1.54, 1.807) is 0 Å². The number of hydrogen-bond acceptors (Lipinski definition) is 1. The first kappa shape index (κ1) is 8.06. The maximum atomic E-state index is 5.73. The lowest BCUT2D eigenvalue weighted by atomic mass is 9.85. The lowest BCUT2D eigenvalue weighted by Crippen LogP contribution is -2.37. The van der Waals surface area contributed by atoms with Crippen LogP contribution in [0.1, 0.15) is 40.0 Å². The van der Waals surface area contributed by atoms with Gasteiger partial charge in [-0.1, -0.05) is 13.8 Å². The number of rotatable bonds is 1. The van der Waals surface area contributed by atoms with Gasteiger partial charge in [-0.15, -0.1) is 0 Å². The van der Waals surface area contributed by atoms with E-state index < -0.39 is 0 Å². The van der Waals surface area contributed by atoms with Crippen LogP contribution in [0.2, 0.25) is 0 Å². The SMILES string of the molecule is CC(C)[C@]1(C)CCCCO1. The highest BCUT2D eigenvalue weighted by Crippen LogP contribution is 2.30. The second kappa shape index (κ2) is 2.91. The number of ether oxygens (including phenoxy) is 1. The minimum atomic E-state index is 0.179. The molecule has 1 heteroatoms. The molecule has 0 unspecified atom stereocenters. The fourth-order valence-corrected chi connectivity index (χ4v) is 1.41. The molecule has 1 fully saturated rings. The van der Waals surface area contributed by atoms with Crippen molar-refractivity contribution in [2.24, 2.45) is 5.92 Å². The first-order valence-electron chi connectivity index (χ1n) is 4.29. The average molecular weight is 142 g/mol. The van der Waals surface area contributed by atoms with Gasteiger partial charge in [-0.3, -0.25) is 0 Å². The Labute approximate surface area is 63.8 Å². The molecule has 0 amide bonds. The Morgan fingerprint density at radius 3 is 2.30 bits per heavy atom. The summed E-state index contributed by atoms with van der Waals surface area (Å²) >= 11 is 0. The molecule has 1 aliphatic rings. The van der Waals surface area contributed by atoms with Crippen molar-refractivity contribution in [3.05, 3.63) is 0 Å². The van der Waals surface area contributed by atoms with Gasteiger partial charge in [-0.25, -0.2) is 0 Å². The molecule has 1 rings (SSSR count). The van der Waals surface area contributed by atoms with Crippen LogP contribution in [0.4, 0.5) is 0 Å². The monoisotopic (exact) mass is 142 g/mol. The van der Waals surface area contributed by atoms with Crippen molar-refractivity contribution in [1.29, 1.82) is 0 Å². The molecule has 0 saturated carbocycles. The lowest BCUT2D eigenvalue weighted by molar-refractivity contribution is -0.0945. The van der Waals surface area contributed by atoms with Crippen LogP contribution in [0.5, 0.6) is 0 Å². The first-order chi connectivity index (χ1) is 4.65. The smallest absolute Gasteiger partial charge is 0.0677 e. The quantitative estimate of drug-likeness (QED) is 0.547. The topological polar surface area (TPSA) is 9.23 Å². The molecule has 1 atom stereocenters. The molecular weight excluding hydrogens is 124 g/mol. The van der Waals surface area contributed by atoms with Gasteiger partial charge in [-0.05, 0) is 32.1 Å². The summed E-state index contributed by atoms with van der Waals surface area (Å²) in [4.78, 5) is 0. The minimum absolute atomic E-state index is 0.179. The van der Waals surface area contributed by atoms with Crippen molar-refractivity contribution in [1.82, 2.24) is 0 Å². The Hall–Kier alpha value is -0.0400. The van der Waals surface area contributed by atoms with Gasteiger partial charge in [0, 0.05) is 6.61 Å². The summed E-state index contributed by atoms with van der Waals surface area (Å²) in [5.74, 6) is 0.660. The normalized spacial score (nSPS) is 34.8. The largest absolute Gasteiger partial charge is 0.375 e. The van der Waals surface area contributed by atoms with Crippen LogP contribution in [-0.2, 0) is 4.74 Å². The standard InChI is InChI=1S/C9H18O/c1-8(2)9(3)6-4-5-7-10-9/h8H,4-7H2,1-3H3/t9-/m0/s1. The van der Waals surface area contributed by atoms with E-state index in [4.69, 9.17) is 4.74 Å². The van der Waals surface area contributed by atoms with E-state index in [2.05, 4.69) is 20.8 Å². The van der Waals surface area contributed by atoms with E-state index in [9.17, 15) is 0 Å². The van der Waals surface area contributed by atoms with Crippen LogP contribution in [0.3, 0.4) is 0 Å². The highest BCUT2D eigenvalue weighted by molar-refractivity contribution is 4.81. The summed E-state index contributed by atoms with van der Waals surface area (Å²) in [5.41, 5.74) is 0.179. The Kier molecular flexibility index (Phi) is 2.35. The van der Waals surface area contributed by atoms with Crippen LogP contribution in [0, 0.1) is 5.92 Å². The van der Waals surface area contributed by atoms with E-state index in [0.717, 1.165) is 6.61 Å². The van der Waals surface area contributed by atoms with Crippen molar-refractivity contribution in [2.75, 3.05) is 6.61 Å². The molecule has 0 aromatic heterocycles. The third kappa shape index (κ3) is 1.51. The number of hydrogen-bond donors (Lipinski definition) is 0. The maximum absolute atomic E-state index is 5.73. The van der Waals surface area contributed by atoms with E-state index in [0.29, 0.717) is 5.92 Å². The third-order valence-electron chi connectivity index (χ3n) is 2.72. The Morgan fingerprint density at radius 2 is 2.00 bits per heavy atom. The van der Waals surface area contributed by atoms with Gasteiger partial charge < -0.3 is 4.74 Å². The molecule has 0 radical (unpaired) electrons. The Bertz CT molecular complexity index is 101. The average Bonchev–Trinajstić information content (AvgIpc) is 1.89. The van der Waals surface area contributed by atoms with Crippen LogP contribution in [0.25, 0.3) is 0 Å². The summed E-state index contributed by atoms with van der Waals surface area (Å²) in [6.45, 7) is 7.68. The van der Waals surface area contributed by atoms with Crippen LogP contribution >= 0.6 is 0 Å². The molecule has 1 aliphatic heterocycles. The molecule has 1 heterocycles. The summed E-state index contributed by atoms with van der Waals surface area (Å²) < 4.78 is 5.73. The van der Waals surface area contributed by atoms with Gasteiger partial charge in [0.05, 0.1) is 5.60 Å². The van der Waals surface area contributed by atoms with Crippen molar-refractivity contribution in [3.8, 4) is 0 Å². The molecule has 1 nitrogen and oxygen atoms in total. The van der Waals surface area contributed by atoms with Gasteiger partial charge in [0.2, 0.25) is 0 Å². The van der Waals surface area contributed by atoms with Gasteiger partial charge in [-0.2, -0.15) is 0 Å². The Morgan fingerprint density at radius 1 is 1.30 bits per heavy atom. The molecule has 0 aromatic rings. The van der Waals surface area contributed by atoms with Crippen molar-refractivity contribution >= 4 is 0 Å². The molecule has 0 bridgehead atoms. The maximum Gasteiger partial charge on any atom is 0.0677 e. The van der Waals surface area contributed by atoms with Crippen LogP contribution < -0.4 is 0 Å². The first-order valence-corrected chi connectivity index (χ1v) is 4.29. The minimum Gasteiger partial charge on any atom is -0.375 e. The van der Waals surface area contributed by atoms with Crippen LogP contribution in [0.15, 0.2) is 0 Å². The molecule has 10 heavy (non-hydrogen) atoms. The summed E-state index contributed by atoms with van der Waals surface area (Å²) in [6, 6.07) is 0.